The Morgan fingerprint density at radius 1 is 1.27 bits per heavy atom. The van der Waals surface area contributed by atoms with Crippen LogP contribution >= 0.6 is 0 Å². The molecule has 0 aliphatic carbocycles. The predicted octanol–water partition coefficient (Wildman–Crippen LogP) is 2.55. The maximum atomic E-state index is 14.2. The summed E-state index contributed by atoms with van der Waals surface area (Å²) >= 11 is 0. The van der Waals surface area contributed by atoms with Gasteiger partial charge in [0.25, 0.3) is 0 Å². The van der Waals surface area contributed by atoms with Crippen molar-refractivity contribution in [1.29, 1.82) is 0 Å². The Kier molecular flexibility index (Phi) is 3.85. The number of aryl methyl sites for hydroxylation is 1. The molecule has 0 radical (unpaired) electrons. The molecule has 0 atom stereocenters. The van der Waals surface area contributed by atoms with E-state index in [0.29, 0.717) is 23.6 Å². The van der Waals surface area contributed by atoms with Gasteiger partial charge in [0, 0.05) is 24.6 Å². The summed E-state index contributed by atoms with van der Waals surface area (Å²) in [6.07, 6.45) is 4.53. The van der Waals surface area contributed by atoms with Crippen molar-refractivity contribution >= 4 is 28.6 Å². The van der Waals surface area contributed by atoms with Crippen molar-refractivity contribution in [2.45, 2.75) is 6.92 Å². The van der Waals surface area contributed by atoms with Crippen LogP contribution in [0.3, 0.4) is 0 Å². The Bertz CT molecular complexity index is 1010. The van der Waals surface area contributed by atoms with Gasteiger partial charge in [-0.3, -0.25) is 9.67 Å². The van der Waals surface area contributed by atoms with E-state index in [2.05, 4.69) is 25.4 Å². The number of hydrogen-bond acceptors (Lipinski definition) is 7. The molecule has 0 spiro atoms. The van der Waals surface area contributed by atoms with Crippen molar-refractivity contribution in [2.75, 3.05) is 16.9 Å². The zero-order chi connectivity index (χ0) is 18.3. The van der Waals surface area contributed by atoms with E-state index in [0.717, 1.165) is 23.3 Å². The molecule has 8 nitrogen and oxygen atoms in total. The monoisotopic (exact) mass is 352 g/mol. The van der Waals surface area contributed by atoms with E-state index < -0.39 is 5.82 Å². The van der Waals surface area contributed by atoms with Gasteiger partial charge < -0.3 is 10.3 Å². The van der Waals surface area contributed by atoms with E-state index in [-0.39, 0.29) is 5.82 Å². The molecule has 1 aromatic carbocycles. The lowest BCUT2D eigenvalue weighted by Gasteiger charge is -2.25. The van der Waals surface area contributed by atoms with E-state index in [4.69, 9.17) is 5.84 Å². The van der Waals surface area contributed by atoms with E-state index in [9.17, 15) is 4.39 Å². The molecule has 0 bridgehead atoms. The molecule has 9 heteroatoms. The Morgan fingerprint density at radius 2 is 2.12 bits per heavy atom. The molecule has 4 rings (SSSR count). The first-order valence-corrected chi connectivity index (χ1v) is 7.98. The molecule has 3 heterocycles. The number of hydrazine groups is 1. The molecule has 2 aromatic heterocycles. The molecule has 0 amide bonds. The van der Waals surface area contributed by atoms with Crippen LogP contribution in [0.4, 0.5) is 27.3 Å². The summed E-state index contributed by atoms with van der Waals surface area (Å²) in [5, 5.41) is 8.68. The van der Waals surface area contributed by atoms with Crippen molar-refractivity contribution in [3.05, 3.63) is 42.6 Å². The van der Waals surface area contributed by atoms with Gasteiger partial charge in [-0.2, -0.15) is 5.10 Å². The number of aliphatic imine (C=N–C) groups is 1. The Morgan fingerprint density at radius 3 is 2.88 bits per heavy atom. The third-order valence-corrected chi connectivity index (χ3v) is 3.97. The van der Waals surface area contributed by atoms with Gasteiger partial charge in [0.2, 0.25) is 0 Å². The van der Waals surface area contributed by atoms with Gasteiger partial charge in [-0.25, -0.2) is 20.2 Å². The standard InChI is InChI=1S/C17H17FN8/c1-10-8-26(19)15-5-12(3-4-14(15)22-10)23-17-13(18)7-20-16(24-17)11-6-21-25(2)9-11/h3-7,9H,8,19H2,1-2H3,(H,20,23,24). The smallest absolute Gasteiger partial charge is 0.184 e. The first kappa shape index (κ1) is 16.2. The van der Waals surface area contributed by atoms with Gasteiger partial charge in [0.1, 0.15) is 0 Å². The highest BCUT2D eigenvalue weighted by Crippen LogP contribution is 2.34. The number of anilines is 3. The number of aromatic nitrogens is 4. The van der Waals surface area contributed by atoms with Crippen LogP contribution in [0.2, 0.25) is 0 Å². The maximum absolute atomic E-state index is 14.2. The lowest BCUT2D eigenvalue weighted by molar-refractivity contribution is 0.619. The zero-order valence-electron chi connectivity index (χ0n) is 14.3. The predicted molar refractivity (Wildman–Crippen MR) is 98.2 cm³/mol. The molecule has 0 fully saturated rings. The zero-order valence-corrected chi connectivity index (χ0v) is 14.3. The summed E-state index contributed by atoms with van der Waals surface area (Å²) in [7, 11) is 1.79. The fourth-order valence-corrected chi connectivity index (χ4v) is 2.77. The number of nitrogens with zero attached hydrogens (tertiary/aromatic N) is 6. The lowest BCUT2D eigenvalue weighted by atomic mass is 10.2. The lowest BCUT2D eigenvalue weighted by Crippen LogP contribution is -2.37. The number of nitrogens with one attached hydrogen (secondary N) is 1. The molecule has 0 unspecified atom stereocenters. The van der Waals surface area contributed by atoms with Crippen LogP contribution in [-0.2, 0) is 7.05 Å². The highest BCUT2D eigenvalue weighted by Gasteiger charge is 2.16. The van der Waals surface area contributed by atoms with Crippen molar-refractivity contribution in [3.8, 4) is 11.4 Å². The molecule has 1 aliphatic heterocycles. The average Bonchev–Trinajstić information content (AvgIpc) is 3.04. The molecule has 132 valence electrons. The summed E-state index contributed by atoms with van der Waals surface area (Å²) in [4.78, 5) is 12.8. The van der Waals surface area contributed by atoms with Crippen LogP contribution in [0.25, 0.3) is 11.4 Å². The van der Waals surface area contributed by atoms with Gasteiger partial charge >= 0.3 is 0 Å². The Hall–Kier alpha value is -3.33. The second-order valence-corrected chi connectivity index (χ2v) is 6.10. The fourth-order valence-electron chi connectivity index (χ4n) is 2.77. The Balaban J connectivity index is 1.66. The van der Waals surface area contributed by atoms with E-state index in [1.54, 1.807) is 35.2 Å². The molecular weight excluding hydrogens is 335 g/mol. The number of benzene rings is 1. The number of rotatable bonds is 3. The highest BCUT2D eigenvalue weighted by atomic mass is 19.1. The summed E-state index contributed by atoms with van der Waals surface area (Å²) in [5.41, 5.74) is 3.84. The van der Waals surface area contributed by atoms with Crippen LogP contribution in [0.1, 0.15) is 6.92 Å². The van der Waals surface area contributed by atoms with Crippen LogP contribution in [0, 0.1) is 5.82 Å². The summed E-state index contributed by atoms with van der Waals surface area (Å²) < 4.78 is 15.8. The minimum Gasteiger partial charge on any atom is -0.338 e. The molecule has 3 N–H and O–H groups in total. The van der Waals surface area contributed by atoms with Crippen molar-refractivity contribution in [3.63, 3.8) is 0 Å². The van der Waals surface area contributed by atoms with Crippen molar-refractivity contribution in [2.24, 2.45) is 17.9 Å². The molecule has 0 saturated heterocycles. The third kappa shape index (κ3) is 3.00. The van der Waals surface area contributed by atoms with Gasteiger partial charge in [0.15, 0.2) is 17.5 Å². The van der Waals surface area contributed by atoms with Crippen LogP contribution in [0.15, 0.2) is 41.8 Å². The van der Waals surface area contributed by atoms with Gasteiger partial charge in [-0.1, -0.05) is 0 Å². The molecule has 3 aromatic rings. The second kappa shape index (κ2) is 6.19. The quantitative estimate of drug-likeness (QED) is 0.703. The first-order chi connectivity index (χ1) is 12.5. The second-order valence-electron chi connectivity index (χ2n) is 6.10. The van der Waals surface area contributed by atoms with Gasteiger partial charge in [-0.05, 0) is 25.1 Å². The maximum Gasteiger partial charge on any atom is 0.184 e. The van der Waals surface area contributed by atoms with Crippen molar-refractivity contribution < 1.29 is 4.39 Å². The number of fused-ring (bicyclic) bond motifs is 1. The van der Waals surface area contributed by atoms with E-state index >= 15 is 0 Å². The summed E-state index contributed by atoms with van der Waals surface area (Å²) in [6.45, 7) is 2.47. The third-order valence-electron chi connectivity index (χ3n) is 3.97. The molecular formula is C17H17FN8. The molecule has 1 aliphatic rings. The van der Waals surface area contributed by atoms with Gasteiger partial charge in [-0.15, -0.1) is 0 Å². The fraction of sp³-hybridized carbons (Fsp3) is 0.176. The van der Waals surface area contributed by atoms with E-state index in [1.807, 2.05) is 19.1 Å². The first-order valence-electron chi connectivity index (χ1n) is 7.98. The van der Waals surface area contributed by atoms with Gasteiger partial charge in [0.05, 0.1) is 35.9 Å². The Labute approximate surface area is 149 Å². The minimum absolute atomic E-state index is 0.0814. The average molecular weight is 352 g/mol. The van der Waals surface area contributed by atoms with E-state index in [1.165, 1.54) is 0 Å². The number of halogens is 1. The van der Waals surface area contributed by atoms with Crippen molar-refractivity contribution in [1.82, 2.24) is 19.7 Å². The van der Waals surface area contributed by atoms with Crippen LogP contribution < -0.4 is 16.2 Å². The largest absolute Gasteiger partial charge is 0.338 e. The number of nitrogens with two attached hydrogens (primary N) is 1. The van der Waals surface area contributed by atoms with Crippen LogP contribution in [0.5, 0.6) is 0 Å². The minimum atomic E-state index is -0.547. The summed E-state index contributed by atoms with van der Waals surface area (Å²) in [5.74, 6) is 5.97. The number of hydrogen-bond donors (Lipinski definition) is 2. The van der Waals surface area contributed by atoms with Crippen LogP contribution in [-0.4, -0.2) is 32.0 Å². The SMILES string of the molecule is CC1=Nc2ccc(Nc3nc(-c4cnn(C)c4)ncc3F)cc2N(N)C1. The molecule has 0 saturated carbocycles. The topological polar surface area (TPSA) is 97.2 Å². The molecule has 26 heavy (non-hydrogen) atoms. The highest BCUT2D eigenvalue weighted by molar-refractivity contribution is 5.94. The normalized spacial score (nSPS) is 13.4. The summed E-state index contributed by atoms with van der Waals surface area (Å²) in [6, 6.07) is 5.46.